The highest BCUT2D eigenvalue weighted by Gasteiger charge is 2.30. The van der Waals surface area contributed by atoms with E-state index in [0.717, 1.165) is 35.7 Å². The molecule has 0 aromatic carbocycles. The Balaban J connectivity index is 1.10. The smallest absolute Gasteiger partial charge is 0.416 e. The Morgan fingerprint density at radius 2 is 1.12 bits per heavy atom. The Hall–Kier alpha value is -4.14. The van der Waals surface area contributed by atoms with Crippen LogP contribution in [-0.2, 0) is 31.9 Å². The van der Waals surface area contributed by atoms with E-state index in [1.807, 2.05) is 0 Å². The molecule has 2 atom stereocenters. The third-order valence-electron chi connectivity index (χ3n) is 7.42. The van der Waals surface area contributed by atoms with E-state index in [4.69, 9.17) is 9.47 Å². The lowest BCUT2D eigenvalue weighted by molar-refractivity contribution is -0.116. The van der Waals surface area contributed by atoms with Crippen LogP contribution in [0.1, 0.15) is 100 Å². The summed E-state index contributed by atoms with van der Waals surface area (Å²) in [5.41, 5.74) is -0.208. The van der Waals surface area contributed by atoms with Crippen LogP contribution in [0.3, 0.4) is 0 Å². The van der Waals surface area contributed by atoms with Gasteiger partial charge in [0.15, 0.2) is 10.3 Å². The number of nitrogens with one attached hydrogen (secondary N) is 2. The molecule has 0 aliphatic heterocycles. The minimum atomic E-state index is -0.632. The third kappa shape index (κ3) is 10.9. The van der Waals surface area contributed by atoms with Crippen LogP contribution in [0.5, 0.6) is 0 Å². The van der Waals surface area contributed by atoms with Crippen molar-refractivity contribution in [2.75, 3.05) is 34.5 Å². The number of amides is 4. The minimum Gasteiger partial charge on any atom is -0.443 e. The number of rotatable bonds is 10. The lowest BCUT2D eigenvalue weighted by Gasteiger charge is -2.25. The van der Waals surface area contributed by atoms with Crippen molar-refractivity contribution >= 4 is 89.9 Å². The van der Waals surface area contributed by atoms with Crippen molar-refractivity contribution in [3.05, 3.63) is 32.2 Å². The van der Waals surface area contributed by atoms with Crippen molar-refractivity contribution in [3.8, 4) is 0 Å². The van der Waals surface area contributed by atoms with E-state index in [1.54, 1.807) is 66.4 Å². The Morgan fingerprint density at radius 3 is 1.50 bits per heavy atom. The average molecular weight is 791 g/mol. The topological polar surface area (TPSA) is 195 Å². The lowest BCUT2D eigenvalue weighted by atomic mass is 9.82. The van der Waals surface area contributed by atoms with Gasteiger partial charge in [-0.05, 0) is 60.8 Å². The van der Waals surface area contributed by atoms with Crippen molar-refractivity contribution in [3.63, 3.8) is 0 Å². The van der Waals surface area contributed by atoms with Gasteiger partial charge in [-0.2, -0.15) is 0 Å². The molecule has 4 amide bonds. The number of hydrogen-bond donors (Lipinski definition) is 2. The van der Waals surface area contributed by atoms with Crippen LogP contribution in [0.15, 0.2) is 10.8 Å². The molecule has 1 fully saturated rings. The quantitative estimate of drug-likeness (QED) is 0.170. The van der Waals surface area contributed by atoms with E-state index in [2.05, 4.69) is 41.0 Å². The summed E-state index contributed by atoms with van der Waals surface area (Å²) >= 11 is 5.21. The third-order valence-corrected chi connectivity index (χ3v) is 11.4. The van der Waals surface area contributed by atoms with Crippen molar-refractivity contribution in [2.24, 2.45) is 0 Å². The van der Waals surface area contributed by atoms with Gasteiger partial charge in [-0.3, -0.25) is 19.4 Å². The van der Waals surface area contributed by atoms with Gasteiger partial charge in [-0.25, -0.2) is 19.6 Å². The fourth-order valence-electron chi connectivity index (χ4n) is 5.07. The van der Waals surface area contributed by atoms with Gasteiger partial charge in [0.1, 0.15) is 21.2 Å². The number of aromatic nitrogens is 6. The first kappa shape index (κ1) is 39.1. The molecule has 1 aliphatic carbocycles. The van der Waals surface area contributed by atoms with Crippen LogP contribution in [-0.4, -0.2) is 79.7 Å². The normalized spacial score (nSPS) is 16.2. The molecule has 0 saturated heterocycles. The van der Waals surface area contributed by atoms with Crippen molar-refractivity contribution in [1.29, 1.82) is 0 Å². The zero-order chi connectivity index (χ0) is 37.8. The molecule has 4 aromatic heterocycles. The van der Waals surface area contributed by atoms with E-state index in [-0.39, 0.29) is 36.5 Å². The highest BCUT2D eigenvalue weighted by atomic mass is 32.1. The predicted molar refractivity (Wildman–Crippen MR) is 202 cm³/mol. The molecule has 5 rings (SSSR count). The van der Waals surface area contributed by atoms with Crippen LogP contribution in [0, 0.1) is 0 Å². The van der Waals surface area contributed by atoms with Crippen LogP contribution >= 0.6 is 45.3 Å². The Morgan fingerprint density at radius 1 is 0.712 bits per heavy atom. The van der Waals surface area contributed by atoms with E-state index in [0.29, 0.717) is 31.9 Å². The summed E-state index contributed by atoms with van der Waals surface area (Å²) in [6.45, 7) is 10.7. The van der Waals surface area contributed by atoms with Gasteiger partial charge < -0.3 is 20.1 Å². The second kappa shape index (κ2) is 16.3. The molecule has 0 spiro atoms. The predicted octanol–water partition coefficient (Wildman–Crippen LogP) is 6.85. The molecule has 4 aromatic rings. The standard InChI is InChI=1S/C32H42N10O6S4/c1-31(2,3)47-29(45)41(7)27-33-19(15-49-27)13-21(43)35-25-39-37-23(51-25)17-10-9-11-18(12-17)24-38-40-26(52-24)36-22(44)14-20-16-50-28(34-20)42(8)30(46)48-32(4,5)6/h15-18H,9-14H2,1-8H3,(H,35,39,43)(H,36,40,44)/t17-,18-/m0/s1. The maximum atomic E-state index is 12.8. The first-order chi connectivity index (χ1) is 24.4. The summed E-state index contributed by atoms with van der Waals surface area (Å²) in [6, 6.07) is 0. The first-order valence-electron chi connectivity index (χ1n) is 16.5. The molecule has 1 saturated carbocycles. The summed E-state index contributed by atoms with van der Waals surface area (Å²) in [4.78, 5) is 61.8. The summed E-state index contributed by atoms with van der Waals surface area (Å²) in [5, 5.41) is 29.7. The summed E-state index contributed by atoms with van der Waals surface area (Å²) < 4.78 is 10.8. The van der Waals surface area contributed by atoms with Gasteiger partial charge >= 0.3 is 12.2 Å². The van der Waals surface area contributed by atoms with E-state index < -0.39 is 23.4 Å². The van der Waals surface area contributed by atoms with Crippen molar-refractivity contribution < 1.29 is 28.7 Å². The van der Waals surface area contributed by atoms with Crippen LogP contribution in [0.4, 0.5) is 30.1 Å². The average Bonchev–Trinajstić information content (AvgIpc) is 3.87. The molecule has 0 bridgehead atoms. The first-order valence-corrected chi connectivity index (χ1v) is 19.9. The number of carbonyl (C=O) groups is 4. The molecule has 0 unspecified atom stereocenters. The van der Waals surface area contributed by atoms with Crippen molar-refractivity contribution in [2.45, 2.75) is 103 Å². The molecular formula is C32H42N10O6S4. The Kier molecular flexibility index (Phi) is 12.2. The monoisotopic (exact) mass is 790 g/mol. The molecular weight excluding hydrogens is 749 g/mol. The molecule has 0 radical (unpaired) electrons. The van der Waals surface area contributed by atoms with E-state index in [1.165, 1.54) is 55.1 Å². The van der Waals surface area contributed by atoms with Gasteiger partial charge in [0.25, 0.3) is 0 Å². The van der Waals surface area contributed by atoms with E-state index >= 15 is 0 Å². The number of hydrogen-bond acceptors (Lipinski definition) is 16. The van der Waals surface area contributed by atoms with Gasteiger partial charge in [0.05, 0.1) is 24.2 Å². The molecule has 16 nitrogen and oxygen atoms in total. The van der Waals surface area contributed by atoms with Gasteiger partial charge in [-0.15, -0.1) is 43.1 Å². The summed E-state index contributed by atoms with van der Waals surface area (Å²) in [5.74, 6) is -0.280. The maximum absolute atomic E-state index is 12.8. The molecule has 2 N–H and O–H groups in total. The maximum Gasteiger partial charge on any atom is 0.416 e. The largest absolute Gasteiger partial charge is 0.443 e. The fourth-order valence-corrected chi connectivity index (χ4v) is 8.45. The minimum absolute atomic E-state index is 0.0191. The zero-order valence-corrected chi connectivity index (χ0v) is 33.5. The molecule has 280 valence electrons. The fraction of sp³-hybridized carbons (Fsp3) is 0.562. The second-order valence-electron chi connectivity index (χ2n) is 14.2. The van der Waals surface area contributed by atoms with Crippen molar-refractivity contribution in [1.82, 2.24) is 30.4 Å². The second-order valence-corrected chi connectivity index (χ2v) is 17.9. The summed E-state index contributed by atoms with van der Waals surface area (Å²) in [6.07, 6.45) is 2.63. The Bertz CT molecular complexity index is 1760. The number of ether oxygens (including phenoxy) is 2. The molecule has 52 heavy (non-hydrogen) atoms. The SMILES string of the molecule is CN(C(=O)OC(C)(C)C)c1nc(CC(=O)Nc2nnc([C@H]3CCC[C@H](c4nnc(NC(=O)Cc5csc(N(C)C(=O)OC(C)(C)C)n5)s4)C3)s2)cs1. The highest BCUT2D eigenvalue weighted by molar-refractivity contribution is 7.16. The van der Waals surface area contributed by atoms with E-state index in [9.17, 15) is 19.2 Å². The molecule has 1 aliphatic rings. The highest BCUT2D eigenvalue weighted by Crippen LogP contribution is 2.43. The number of anilines is 4. The number of thiazole rings is 2. The number of carbonyl (C=O) groups excluding carboxylic acids is 4. The zero-order valence-electron chi connectivity index (χ0n) is 30.2. The van der Waals surface area contributed by atoms with Gasteiger partial charge in [0, 0.05) is 36.7 Å². The number of nitrogens with zero attached hydrogens (tertiary/aromatic N) is 8. The summed E-state index contributed by atoms with van der Waals surface area (Å²) in [7, 11) is 3.16. The van der Waals surface area contributed by atoms with Gasteiger partial charge in [-0.1, -0.05) is 29.1 Å². The van der Waals surface area contributed by atoms with Gasteiger partial charge in [0.2, 0.25) is 22.1 Å². The molecule has 20 heteroatoms. The van der Waals surface area contributed by atoms with Crippen LogP contribution < -0.4 is 20.4 Å². The Labute approximate surface area is 317 Å². The lowest BCUT2D eigenvalue weighted by Crippen LogP contribution is -2.34. The molecule has 4 heterocycles. The van der Waals surface area contributed by atoms with Crippen LogP contribution in [0.2, 0.25) is 0 Å². The van der Waals surface area contributed by atoms with Crippen LogP contribution in [0.25, 0.3) is 0 Å².